The summed E-state index contributed by atoms with van der Waals surface area (Å²) in [5.41, 5.74) is 0.996. The molecule has 4 nitrogen and oxygen atoms in total. The van der Waals surface area contributed by atoms with Crippen LogP contribution >= 0.6 is 25.3 Å². The molecule has 0 bridgehead atoms. The minimum Gasteiger partial charge on any atom is -0.355 e. The van der Waals surface area contributed by atoms with Crippen molar-refractivity contribution in [2.75, 3.05) is 13.7 Å². The average molecular weight is 314 g/mol. The van der Waals surface area contributed by atoms with Gasteiger partial charge in [-0.1, -0.05) is 30.3 Å². The number of thiol groups is 2. The van der Waals surface area contributed by atoms with Crippen molar-refractivity contribution >= 4 is 25.3 Å². The number of methoxy groups -OCH3 is 1. The van der Waals surface area contributed by atoms with E-state index in [0.717, 1.165) is 5.56 Å². The van der Waals surface area contributed by atoms with Crippen LogP contribution in [0.1, 0.15) is 11.9 Å². The quantitative estimate of drug-likeness (QED) is 0.820. The van der Waals surface area contributed by atoms with Gasteiger partial charge in [0.2, 0.25) is 0 Å². The second-order valence-corrected chi connectivity index (χ2v) is 6.13. The fraction of sp³-hybridized carbons (Fsp3) is 0.571. The minimum absolute atomic E-state index is 0.0721. The molecule has 2 aliphatic rings. The van der Waals surface area contributed by atoms with Crippen LogP contribution in [0, 0.1) is 0 Å². The largest absolute Gasteiger partial charge is 0.355 e. The lowest BCUT2D eigenvalue weighted by Gasteiger charge is -2.46. The van der Waals surface area contributed by atoms with E-state index in [4.69, 9.17) is 18.9 Å². The molecule has 6 atom stereocenters. The van der Waals surface area contributed by atoms with Crippen LogP contribution in [-0.2, 0) is 18.9 Å². The number of hydrogen-bond acceptors (Lipinski definition) is 6. The van der Waals surface area contributed by atoms with Gasteiger partial charge in [-0.15, -0.1) is 0 Å². The van der Waals surface area contributed by atoms with Crippen LogP contribution in [0.15, 0.2) is 30.3 Å². The SMILES string of the molecule is CO[C@@H]1O[C@H]2CO[C@H](c3ccccc3)O[C@@H]2[C@@H](S)[C@@H]1S. The molecule has 3 rings (SSSR count). The Hall–Kier alpha value is -0.240. The molecule has 2 saturated heterocycles. The predicted molar refractivity (Wildman–Crippen MR) is 81.2 cm³/mol. The second kappa shape index (κ2) is 6.25. The van der Waals surface area contributed by atoms with Gasteiger partial charge in [0.15, 0.2) is 12.6 Å². The topological polar surface area (TPSA) is 36.9 Å². The van der Waals surface area contributed by atoms with E-state index < -0.39 is 0 Å². The van der Waals surface area contributed by atoms with Crippen LogP contribution in [0.25, 0.3) is 0 Å². The summed E-state index contributed by atoms with van der Waals surface area (Å²) in [5, 5.41) is -0.212. The maximum absolute atomic E-state index is 6.02. The molecule has 0 radical (unpaired) electrons. The Labute approximate surface area is 129 Å². The fourth-order valence-electron chi connectivity index (χ4n) is 2.55. The van der Waals surface area contributed by atoms with E-state index in [-0.39, 0.29) is 35.3 Å². The average Bonchev–Trinajstić information content (AvgIpc) is 2.51. The Balaban J connectivity index is 1.74. The summed E-state index contributed by atoms with van der Waals surface area (Å²) in [4.78, 5) is 0. The summed E-state index contributed by atoms with van der Waals surface area (Å²) in [6, 6.07) is 9.86. The van der Waals surface area contributed by atoms with Gasteiger partial charge in [0.25, 0.3) is 0 Å². The van der Waals surface area contributed by atoms with Gasteiger partial charge in [0.1, 0.15) is 12.2 Å². The van der Waals surface area contributed by atoms with E-state index in [0.29, 0.717) is 6.61 Å². The Kier molecular flexibility index (Phi) is 4.59. The third-order valence-electron chi connectivity index (χ3n) is 3.64. The summed E-state index contributed by atoms with van der Waals surface area (Å²) in [6.45, 7) is 0.460. The number of hydrogen-bond donors (Lipinski definition) is 2. The molecule has 0 amide bonds. The van der Waals surface area contributed by atoms with E-state index >= 15 is 0 Å². The molecule has 110 valence electrons. The first-order valence-electron chi connectivity index (χ1n) is 6.57. The minimum atomic E-state index is -0.387. The monoisotopic (exact) mass is 314 g/mol. The Morgan fingerprint density at radius 2 is 1.85 bits per heavy atom. The molecule has 0 saturated carbocycles. The van der Waals surface area contributed by atoms with Crippen LogP contribution in [0.2, 0.25) is 0 Å². The van der Waals surface area contributed by atoms with Crippen LogP contribution in [0.5, 0.6) is 0 Å². The van der Waals surface area contributed by atoms with Crippen LogP contribution in [0.4, 0.5) is 0 Å². The van der Waals surface area contributed by atoms with Gasteiger partial charge in [-0.25, -0.2) is 0 Å². The molecule has 0 spiro atoms. The molecular weight excluding hydrogens is 296 g/mol. The van der Waals surface area contributed by atoms with Crippen LogP contribution < -0.4 is 0 Å². The molecule has 2 heterocycles. The van der Waals surface area contributed by atoms with Crippen molar-refractivity contribution in [2.24, 2.45) is 0 Å². The highest BCUT2D eigenvalue weighted by molar-refractivity contribution is 7.85. The zero-order valence-corrected chi connectivity index (χ0v) is 12.9. The summed E-state index contributed by atoms with van der Waals surface area (Å²) in [7, 11) is 1.60. The molecule has 0 unspecified atom stereocenters. The van der Waals surface area contributed by atoms with E-state index in [2.05, 4.69) is 25.3 Å². The van der Waals surface area contributed by atoms with Crippen molar-refractivity contribution in [3.05, 3.63) is 35.9 Å². The van der Waals surface area contributed by atoms with Gasteiger partial charge < -0.3 is 18.9 Å². The van der Waals surface area contributed by atoms with E-state index in [9.17, 15) is 0 Å². The van der Waals surface area contributed by atoms with Crippen molar-refractivity contribution in [3.8, 4) is 0 Å². The third-order valence-corrected chi connectivity index (χ3v) is 5.05. The fourth-order valence-corrected chi connectivity index (χ4v) is 3.32. The summed E-state index contributed by atoms with van der Waals surface area (Å²) >= 11 is 9.15. The number of fused-ring (bicyclic) bond motifs is 1. The Morgan fingerprint density at radius 3 is 2.55 bits per heavy atom. The van der Waals surface area contributed by atoms with Gasteiger partial charge in [0, 0.05) is 17.9 Å². The van der Waals surface area contributed by atoms with Gasteiger partial charge in [-0.3, -0.25) is 0 Å². The molecule has 0 aromatic heterocycles. The summed E-state index contributed by atoms with van der Waals surface area (Å²) in [5.74, 6) is 0. The van der Waals surface area contributed by atoms with E-state index in [1.54, 1.807) is 7.11 Å². The van der Waals surface area contributed by atoms with Crippen molar-refractivity contribution < 1.29 is 18.9 Å². The van der Waals surface area contributed by atoms with E-state index in [1.165, 1.54) is 0 Å². The second-order valence-electron chi connectivity index (χ2n) is 4.94. The van der Waals surface area contributed by atoms with Crippen molar-refractivity contribution in [1.82, 2.24) is 0 Å². The highest BCUT2D eigenvalue weighted by Crippen LogP contribution is 2.37. The first kappa shape index (κ1) is 14.7. The molecule has 0 N–H and O–H groups in total. The summed E-state index contributed by atoms with van der Waals surface area (Å²) in [6.07, 6.45) is -1.10. The lowest BCUT2D eigenvalue weighted by Crippen LogP contribution is -2.58. The maximum atomic E-state index is 6.02. The first-order valence-corrected chi connectivity index (χ1v) is 7.60. The lowest BCUT2D eigenvalue weighted by atomic mass is 10.0. The lowest BCUT2D eigenvalue weighted by molar-refractivity contribution is -0.308. The number of rotatable bonds is 2. The van der Waals surface area contributed by atoms with Crippen molar-refractivity contribution in [2.45, 2.75) is 35.3 Å². The number of ether oxygens (including phenoxy) is 4. The number of benzene rings is 1. The summed E-state index contributed by atoms with van der Waals surface area (Å²) < 4.78 is 22.9. The maximum Gasteiger partial charge on any atom is 0.184 e. The standard InChI is InChI=1S/C14H18O4S2/c1-15-14-12(20)11(19)10-9(17-14)7-16-13(18-10)8-5-3-2-4-6-8/h2-6,9-14,19-20H,7H2,1H3/t9-,10-,11+,12-,13-,14+/m0/s1. The van der Waals surface area contributed by atoms with E-state index in [1.807, 2.05) is 30.3 Å². The van der Waals surface area contributed by atoms with Gasteiger partial charge in [-0.2, -0.15) is 25.3 Å². The molecule has 0 aliphatic carbocycles. The Morgan fingerprint density at radius 1 is 1.10 bits per heavy atom. The highest BCUT2D eigenvalue weighted by Gasteiger charge is 2.47. The smallest absolute Gasteiger partial charge is 0.184 e. The van der Waals surface area contributed by atoms with Gasteiger partial charge >= 0.3 is 0 Å². The molecule has 1 aromatic rings. The predicted octanol–water partition coefficient (Wildman–Crippen LogP) is 2.07. The molecular formula is C14H18O4S2. The highest BCUT2D eigenvalue weighted by atomic mass is 32.1. The van der Waals surface area contributed by atoms with Gasteiger partial charge in [0.05, 0.1) is 11.9 Å². The molecule has 2 fully saturated rings. The zero-order valence-electron chi connectivity index (χ0n) is 11.1. The molecule has 2 aliphatic heterocycles. The van der Waals surface area contributed by atoms with Crippen molar-refractivity contribution in [1.29, 1.82) is 0 Å². The molecule has 1 aromatic carbocycles. The van der Waals surface area contributed by atoms with Crippen molar-refractivity contribution in [3.63, 3.8) is 0 Å². The molecule has 6 heteroatoms. The molecule has 20 heavy (non-hydrogen) atoms. The zero-order chi connectivity index (χ0) is 14.1. The Bertz CT molecular complexity index is 442. The normalized spacial score (nSPS) is 41.1. The van der Waals surface area contributed by atoms with Crippen LogP contribution in [0.3, 0.4) is 0 Å². The third kappa shape index (κ3) is 2.73. The van der Waals surface area contributed by atoms with Crippen LogP contribution in [-0.4, -0.2) is 42.7 Å². The first-order chi connectivity index (χ1) is 9.70. The van der Waals surface area contributed by atoms with Gasteiger partial charge in [-0.05, 0) is 0 Å².